The average Bonchev–Trinajstić information content (AvgIpc) is 3.49. The molecule has 2 fully saturated rings. The Morgan fingerprint density at radius 2 is 1.93 bits per heavy atom. The Morgan fingerprint density at radius 1 is 1.11 bits per heavy atom. The minimum atomic E-state index is -0.151. The molecule has 1 saturated heterocycles. The summed E-state index contributed by atoms with van der Waals surface area (Å²) in [5.41, 5.74) is 5.71. The van der Waals surface area contributed by atoms with E-state index < -0.39 is 0 Å². The van der Waals surface area contributed by atoms with Gasteiger partial charge in [0.2, 0.25) is 0 Å². The van der Waals surface area contributed by atoms with Gasteiger partial charge in [0.1, 0.15) is 23.1 Å². The summed E-state index contributed by atoms with van der Waals surface area (Å²) >= 11 is 0. The van der Waals surface area contributed by atoms with Gasteiger partial charge in [0.25, 0.3) is 5.91 Å². The number of ether oxygens (including phenoxy) is 2. The highest BCUT2D eigenvalue weighted by Crippen LogP contribution is 2.51. The molecule has 3 aromatic heterocycles. The molecule has 3 aliphatic rings. The highest BCUT2D eigenvalue weighted by Gasteiger charge is 2.56. The highest BCUT2D eigenvalue weighted by molar-refractivity contribution is 5.94. The van der Waals surface area contributed by atoms with Gasteiger partial charge in [0, 0.05) is 49.4 Å². The first-order chi connectivity index (χ1) is 21.9. The fraction of sp³-hybridized carbons (Fsp3) is 0.382. The lowest BCUT2D eigenvalue weighted by Crippen LogP contribution is -2.26. The van der Waals surface area contributed by atoms with Crippen molar-refractivity contribution in [3.05, 3.63) is 88.5 Å². The van der Waals surface area contributed by atoms with Crippen LogP contribution in [0.4, 0.5) is 11.6 Å². The van der Waals surface area contributed by atoms with Gasteiger partial charge in [-0.25, -0.2) is 9.97 Å². The van der Waals surface area contributed by atoms with Gasteiger partial charge in [-0.2, -0.15) is 10.4 Å². The SMILES string of the molecule is COc1ccc(CNc2nccc3c2CC[C@H]3NC(=O)c2cnn(Cc3ccc(N4C[C@@H]5C(C#N)[C@@H]5C4)nc3C)c2)c(OC)c1. The number of benzene rings is 1. The number of piperidine rings is 1. The number of rotatable bonds is 10. The van der Waals surface area contributed by atoms with Crippen molar-refractivity contribution in [3.8, 4) is 17.6 Å². The Balaban J connectivity index is 0.968. The van der Waals surface area contributed by atoms with E-state index in [1.807, 2.05) is 31.2 Å². The zero-order valence-electron chi connectivity index (χ0n) is 25.7. The van der Waals surface area contributed by atoms with E-state index in [4.69, 9.17) is 14.5 Å². The number of amides is 1. The Kier molecular flexibility index (Phi) is 7.49. The predicted octanol–water partition coefficient (Wildman–Crippen LogP) is 4.28. The molecule has 45 heavy (non-hydrogen) atoms. The molecule has 0 spiro atoms. The van der Waals surface area contributed by atoms with Crippen molar-refractivity contribution in [2.75, 3.05) is 37.5 Å². The quantitative estimate of drug-likeness (QED) is 0.272. The molecule has 2 N–H and O–H groups in total. The molecule has 1 aliphatic heterocycles. The maximum atomic E-state index is 13.3. The normalized spacial score (nSPS) is 21.1. The number of carbonyl (C=O) groups excluding carboxylic acids is 1. The molecular formula is C34H36N8O3. The van der Waals surface area contributed by atoms with Crippen molar-refractivity contribution < 1.29 is 14.3 Å². The summed E-state index contributed by atoms with van der Waals surface area (Å²) in [4.78, 5) is 25.0. The molecule has 4 heterocycles. The summed E-state index contributed by atoms with van der Waals surface area (Å²) in [6, 6.07) is 14.2. The molecule has 0 radical (unpaired) electrons. The standard InChI is InChI=1S/C34H36N8O3/c1-20-22(5-9-32(39-20)41-18-28-27(13-35)29(28)19-41)16-42-17-23(15-38-42)34(43)40-30-8-7-26-25(30)10-11-36-33(26)37-14-21-4-6-24(44-2)12-31(21)45-3/h4-6,9-12,15,17,27-30H,7-8,14,16,18-19H2,1-3H3,(H,36,37)(H,40,43)/t27?,28-,29+,30-/m1/s1. The van der Waals surface area contributed by atoms with Crippen molar-refractivity contribution in [1.82, 2.24) is 25.1 Å². The summed E-state index contributed by atoms with van der Waals surface area (Å²) in [6.07, 6.45) is 6.80. The number of nitrogens with zero attached hydrogens (tertiary/aromatic N) is 6. The second-order valence-electron chi connectivity index (χ2n) is 12.1. The van der Waals surface area contributed by atoms with Gasteiger partial charge in [-0.15, -0.1) is 0 Å². The van der Waals surface area contributed by atoms with Crippen molar-refractivity contribution in [2.45, 2.75) is 38.9 Å². The van der Waals surface area contributed by atoms with Crippen LogP contribution in [-0.2, 0) is 19.5 Å². The largest absolute Gasteiger partial charge is 0.497 e. The van der Waals surface area contributed by atoms with Crippen LogP contribution in [0.1, 0.15) is 50.8 Å². The van der Waals surface area contributed by atoms with Crippen molar-refractivity contribution in [1.29, 1.82) is 5.26 Å². The Bertz CT molecular complexity index is 1780. The Labute approximate surface area is 262 Å². The molecule has 4 atom stereocenters. The number of nitriles is 1. The Hall–Kier alpha value is -5.11. The average molecular weight is 605 g/mol. The van der Waals surface area contributed by atoms with Gasteiger partial charge >= 0.3 is 0 Å². The van der Waals surface area contributed by atoms with Gasteiger partial charge in [-0.3, -0.25) is 9.48 Å². The maximum absolute atomic E-state index is 13.3. The minimum Gasteiger partial charge on any atom is -0.497 e. The maximum Gasteiger partial charge on any atom is 0.254 e. The van der Waals surface area contributed by atoms with Crippen LogP contribution >= 0.6 is 0 Å². The van der Waals surface area contributed by atoms with Gasteiger partial charge in [-0.05, 0) is 72.6 Å². The topological polar surface area (TPSA) is 130 Å². The number of aromatic nitrogens is 4. The summed E-state index contributed by atoms with van der Waals surface area (Å²) in [5.74, 6) is 4.33. The molecule has 11 heteroatoms. The number of fused-ring (bicyclic) bond motifs is 2. The number of methoxy groups -OCH3 is 2. The Morgan fingerprint density at radius 3 is 2.69 bits per heavy atom. The first kappa shape index (κ1) is 28.6. The lowest BCUT2D eigenvalue weighted by Gasteiger charge is -2.21. The van der Waals surface area contributed by atoms with E-state index in [2.05, 4.69) is 43.8 Å². The van der Waals surface area contributed by atoms with Crippen LogP contribution in [0.25, 0.3) is 0 Å². The van der Waals surface area contributed by atoms with E-state index in [1.54, 1.807) is 37.5 Å². The number of nitrogens with one attached hydrogen (secondary N) is 2. The molecule has 7 rings (SSSR count). The number of aryl methyl sites for hydroxylation is 1. The van der Waals surface area contributed by atoms with Crippen LogP contribution in [-0.4, -0.2) is 53.0 Å². The lowest BCUT2D eigenvalue weighted by atomic mass is 10.1. The van der Waals surface area contributed by atoms with E-state index in [0.717, 1.165) is 77.0 Å². The van der Waals surface area contributed by atoms with Crippen LogP contribution in [0.2, 0.25) is 0 Å². The van der Waals surface area contributed by atoms with E-state index in [0.29, 0.717) is 30.5 Å². The molecular weight excluding hydrogens is 568 g/mol. The van der Waals surface area contributed by atoms with Crippen LogP contribution in [0, 0.1) is 36.0 Å². The summed E-state index contributed by atoms with van der Waals surface area (Å²) in [5, 5.41) is 20.3. The summed E-state index contributed by atoms with van der Waals surface area (Å²) in [6.45, 7) is 4.90. The molecule has 1 unspecified atom stereocenters. The summed E-state index contributed by atoms with van der Waals surface area (Å²) in [7, 11) is 3.28. The molecule has 1 saturated carbocycles. The first-order valence-electron chi connectivity index (χ1n) is 15.3. The zero-order chi connectivity index (χ0) is 31.1. The van der Waals surface area contributed by atoms with Crippen molar-refractivity contribution >= 4 is 17.5 Å². The molecule has 4 aromatic rings. The minimum absolute atomic E-state index is 0.103. The highest BCUT2D eigenvalue weighted by atomic mass is 16.5. The van der Waals surface area contributed by atoms with Crippen LogP contribution in [0.15, 0.2) is 55.0 Å². The number of hydrogen-bond acceptors (Lipinski definition) is 9. The number of anilines is 2. The van der Waals surface area contributed by atoms with E-state index in [-0.39, 0.29) is 17.9 Å². The molecule has 11 nitrogen and oxygen atoms in total. The smallest absolute Gasteiger partial charge is 0.254 e. The monoisotopic (exact) mass is 604 g/mol. The second kappa shape index (κ2) is 11.8. The second-order valence-corrected chi connectivity index (χ2v) is 12.1. The van der Waals surface area contributed by atoms with E-state index in [9.17, 15) is 10.1 Å². The number of pyridine rings is 2. The van der Waals surface area contributed by atoms with Gasteiger partial charge in [0.15, 0.2) is 0 Å². The molecule has 1 amide bonds. The molecule has 2 aliphatic carbocycles. The van der Waals surface area contributed by atoms with Crippen LogP contribution in [0.5, 0.6) is 11.5 Å². The van der Waals surface area contributed by atoms with Crippen molar-refractivity contribution in [2.24, 2.45) is 17.8 Å². The van der Waals surface area contributed by atoms with Crippen LogP contribution < -0.4 is 25.0 Å². The third-order valence-corrected chi connectivity index (χ3v) is 9.47. The van der Waals surface area contributed by atoms with Crippen LogP contribution in [0.3, 0.4) is 0 Å². The number of carbonyl (C=O) groups is 1. The van der Waals surface area contributed by atoms with Gasteiger partial charge < -0.3 is 25.0 Å². The lowest BCUT2D eigenvalue weighted by molar-refractivity contribution is 0.0936. The first-order valence-corrected chi connectivity index (χ1v) is 15.3. The zero-order valence-corrected chi connectivity index (χ0v) is 25.7. The van der Waals surface area contributed by atoms with Crippen molar-refractivity contribution in [3.63, 3.8) is 0 Å². The van der Waals surface area contributed by atoms with E-state index >= 15 is 0 Å². The third-order valence-electron chi connectivity index (χ3n) is 9.47. The molecule has 0 bridgehead atoms. The molecule has 230 valence electrons. The summed E-state index contributed by atoms with van der Waals surface area (Å²) < 4.78 is 12.6. The third kappa shape index (κ3) is 5.52. The van der Waals surface area contributed by atoms with Gasteiger partial charge in [-0.1, -0.05) is 6.07 Å². The fourth-order valence-electron chi connectivity index (χ4n) is 6.83. The fourth-order valence-corrected chi connectivity index (χ4v) is 6.83. The number of hydrogen-bond donors (Lipinski definition) is 2. The van der Waals surface area contributed by atoms with Gasteiger partial charge in [0.05, 0.1) is 50.6 Å². The van der Waals surface area contributed by atoms with E-state index in [1.165, 1.54) is 0 Å². The molecule has 1 aromatic carbocycles. The predicted molar refractivity (Wildman–Crippen MR) is 168 cm³/mol.